The number of hydrogen-bond donors (Lipinski definition) is 0. The molecule has 2 aromatic rings. The van der Waals surface area contributed by atoms with Gasteiger partial charge in [0, 0.05) is 14.1 Å². The first kappa shape index (κ1) is 8.51. The average Bonchev–Trinajstić information content (AvgIpc) is 2.42. The number of nitrogens with zero attached hydrogens (tertiary/aromatic N) is 2. The zero-order valence-electron chi connectivity index (χ0n) is 8.03. The fourth-order valence-corrected chi connectivity index (χ4v) is 2.52. The van der Waals surface area contributed by atoms with Gasteiger partial charge in [-0.05, 0) is 24.6 Å². The molecule has 0 bridgehead atoms. The Morgan fingerprint density at radius 3 is 2.85 bits per heavy atom. The maximum Gasteiger partial charge on any atom is 0.185 e. The number of hydrogen-bond acceptors (Lipinski definition) is 2. The quantitative estimate of drug-likeness (QED) is 0.608. The molecule has 1 heterocycles. The topological polar surface area (TPSA) is 17.3 Å². The highest BCUT2D eigenvalue weighted by Gasteiger charge is 2.00. The van der Waals surface area contributed by atoms with Gasteiger partial charge in [-0.2, -0.15) is 0 Å². The van der Waals surface area contributed by atoms with E-state index in [-0.39, 0.29) is 0 Å². The number of rotatable bonds is 0. The third-order valence-electron chi connectivity index (χ3n) is 2.16. The summed E-state index contributed by atoms with van der Waals surface area (Å²) < 4.78 is 3.43. The molecule has 0 spiro atoms. The van der Waals surface area contributed by atoms with E-state index in [1.807, 2.05) is 7.05 Å². The third-order valence-corrected chi connectivity index (χ3v) is 3.34. The van der Waals surface area contributed by atoms with Crippen LogP contribution < -0.4 is 4.80 Å². The summed E-state index contributed by atoms with van der Waals surface area (Å²) in [5, 5.41) is 0. The lowest BCUT2D eigenvalue weighted by molar-refractivity contribution is 0.904. The number of aryl methyl sites for hydroxylation is 2. The first-order valence-electron chi connectivity index (χ1n) is 4.21. The van der Waals surface area contributed by atoms with Crippen LogP contribution in [0.2, 0.25) is 0 Å². The van der Waals surface area contributed by atoms with E-state index in [2.05, 4.69) is 41.7 Å². The maximum atomic E-state index is 4.22. The molecule has 2 rings (SSSR count). The predicted octanol–water partition coefficient (Wildman–Crippen LogP) is 2.08. The summed E-state index contributed by atoms with van der Waals surface area (Å²) in [5.74, 6) is 0. The number of benzene rings is 1. The van der Waals surface area contributed by atoms with Crippen molar-refractivity contribution in [1.29, 1.82) is 0 Å². The van der Waals surface area contributed by atoms with E-state index < -0.39 is 0 Å². The second kappa shape index (κ2) is 3.00. The van der Waals surface area contributed by atoms with E-state index in [1.165, 1.54) is 15.8 Å². The molecule has 0 N–H and O–H groups in total. The predicted molar refractivity (Wildman–Crippen MR) is 57.0 cm³/mol. The Kier molecular flexibility index (Phi) is 1.96. The van der Waals surface area contributed by atoms with E-state index >= 15 is 0 Å². The highest BCUT2D eigenvalue weighted by atomic mass is 32.1. The summed E-state index contributed by atoms with van der Waals surface area (Å²) in [6.07, 6.45) is 0. The molecule has 0 aliphatic rings. The second-order valence-electron chi connectivity index (χ2n) is 3.14. The van der Waals surface area contributed by atoms with E-state index in [0.717, 1.165) is 4.80 Å². The molecule has 13 heavy (non-hydrogen) atoms. The molecule has 1 aromatic heterocycles. The molecular formula is C10H12N2S. The zero-order valence-corrected chi connectivity index (χ0v) is 8.85. The van der Waals surface area contributed by atoms with Crippen LogP contribution in [-0.4, -0.2) is 11.6 Å². The van der Waals surface area contributed by atoms with E-state index in [0.29, 0.717) is 0 Å². The van der Waals surface area contributed by atoms with Gasteiger partial charge in [-0.1, -0.05) is 17.4 Å². The highest BCUT2D eigenvalue weighted by molar-refractivity contribution is 7.16. The highest BCUT2D eigenvalue weighted by Crippen LogP contribution is 2.17. The fraction of sp³-hybridized carbons (Fsp3) is 0.300. The van der Waals surface area contributed by atoms with Gasteiger partial charge in [-0.3, -0.25) is 4.99 Å². The Hall–Kier alpha value is -1.09. The standard InChI is InChI=1S/C10H12N2S/c1-7-4-5-8-9(6-7)13-10(11-2)12(8)3/h4-6H,1-3H3/b11-10-. The molecule has 0 saturated carbocycles. The summed E-state index contributed by atoms with van der Waals surface area (Å²) in [5.41, 5.74) is 2.56. The van der Waals surface area contributed by atoms with Gasteiger partial charge in [-0.25, -0.2) is 0 Å². The summed E-state index contributed by atoms with van der Waals surface area (Å²) in [7, 11) is 3.88. The normalized spacial score (nSPS) is 12.7. The SMILES string of the molecule is C/N=c1\sc2cc(C)ccc2n1C. The van der Waals surface area contributed by atoms with Crippen LogP contribution in [0.5, 0.6) is 0 Å². The smallest absolute Gasteiger partial charge is 0.185 e. The minimum Gasteiger partial charge on any atom is -0.320 e. The van der Waals surface area contributed by atoms with Gasteiger partial charge in [0.05, 0.1) is 10.2 Å². The summed E-state index contributed by atoms with van der Waals surface area (Å²) in [6.45, 7) is 2.11. The number of aromatic nitrogens is 1. The lowest BCUT2D eigenvalue weighted by Crippen LogP contribution is -2.08. The molecule has 0 radical (unpaired) electrons. The van der Waals surface area contributed by atoms with Gasteiger partial charge < -0.3 is 4.57 Å². The molecule has 0 atom stereocenters. The summed E-state index contributed by atoms with van der Waals surface area (Å²) in [6, 6.07) is 6.49. The van der Waals surface area contributed by atoms with Crippen molar-refractivity contribution in [1.82, 2.24) is 4.57 Å². The van der Waals surface area contributed by atoms with Crippen LogP contribution in [0.4, 0.5) is 0 Å². The van der Waals surface area contributed by atoms with Gasteiger partial charge in [-0.15, -0.1) is 0 Å². The molecule has 1 aromatic carbocycles. The molecular weight excluding hydrogens is 180 g/mol. The zero-order chi connectivity index (χ0) is 9.42. The van der Waals surface area contributed by atoms with Crippen LogP contribution >= 0.6 is 11.3 Å². The fourth-order valence-electron chi connectivity index (χ4n) is 1.45. The second-order valence-corrected chi connectivity index (χ2v) is 4.15. The van der Waals surface area contributed by atoms with Crippen LogP contribution in [0.3, 0.4) is 0 Å². The minimum absolute atomic E-state index is 1.07. The van der Waals surface area contributed by atoms with Crippen molar-refractivity contribution < 1.29 is 0 Å². The molecule has 2 nitrogen and oxygen atoms in total. The Balaban J connectivity index is 2.93. The number of fused-ring (bicyclic) bond motifs is 1. The average molecular weight is 192 g/mol. The van der Waals surface area contributed by atoms with Crippen LogP contribution in [0.15, 0.2) is 23.2 Å². The lowest BCUT2D eigenvalue weighted by Gasteiger charge is -1.95. The Labute approximate surface area is 81.2 Å². The number of thiazole rings is 1. The van der Waals surface area contributed by atoms with Crippen LogP contribution in [0, 0.1) is 6.92 Å². The molecule has 0 fully saturated rings. The Morgan fingerprint density at radius 1 is 1.38 bits per heavy atom. The molecule has 0 amide bonds. The van der Waals surface area contributed by atoms with Crippen molar-refractivity contribution in [3.8, 4) is 0 Å². The largest absolute Gasteiger partial charge is 0.320 e. The van der Waals surface area contributed by atoms with Crippen molar-refractivity contribution in [2.75, 3.05) is 7.05 Å². The summed E-state index contributed by atoms with van der Waals surface area (Å²) >= 11 is 1.73. The van der Waals surface area contributed by atoms with Crippen molar-refractivity contribution in [3.63, 3.8) is 0 Å². The Bertz CT molecular complexity index is 505. The Morgan fingerprint density at radius 2 is 2.15 bits per heavy atom. The van der Waals surface area contributed by atoms with Gasteiger partial charge in [0.1, 0.15) is 0 Å². The molecule has 0 saturated heterocycles. The van der Waals surface area contributed by atoms with Crippen LogP contribution in [-0.2, 0) is 7.05 Å². The molecule has 0 aliphatic heterocycles. The minimum atomic E-state index is 1.07. The van der Waals surface area contributed by atoms with Gasteiger partial charge >= 0.3 is 0 Å². The summed E-state index contributed by atoms with van der Waals surface area (Å²) in [4.78, 5) is 5.29. The van der Waals surface area contributed by atoms with Crippen LogP contribution in [0.1, 0.15) is 5.56 Å². The molecule has 3 heteroatoms. The lowest BCUT2D eigenvalue weighted by atomic mass is 10.2. The first-order chi connectivity index (χ1) is 6.22. The molecule has 68 valence electrons. The van der Waals surface area contributed by atoms with Crippen molar-refractivity contribution in [2.24, 2.45) is 12.0 Å². The maximum absolute atomic E-state index is 4.22. The van der Waals surface area contributed by atoms with E-state index in [9.17, 15) is 0 Å². The van der Waals surface area contributed by atoms with Gasteiger partial charge in [0.15, 0.2) is 4.80 Å². The van der Waals surface area contributed by atoms with Crippen molar-refractivity contribution in [2.45, 2.75) is 6.92 Å². The van der Waals surface area contributed by atoms with Crippen LogP contribution in [0.25, 0.3) is 10.2 Å². The van der Waals surface area contributed by atoms with Gasteiger partial charge in [0.25, 0.3) is 0 Å². The monoisotopic (exact) mass is 192 g/mol. The third kappa shape index (κ3) is 1.29. The molecule has 0 aliphatic carbocycles. The van der Waals surface area contributed by atoms with Crippen molar-refractivity contribution in [3.05, 3.63) is 28.6 Å². The van der Waals surface area contributed by atoms with Gasteiger partial charge in [0.2, 0.25) is 0 Å². The first-order valence-corrected chi connectivity index (χ1v) is 5.03. The van der Waals surface area contributed by atoms with E-state index in [1.54, 1.807) is 11.3 Å². The molecule has 0 unspecified atom stereocenters. The van der Waals surface area contributed by atoms with Crippen molar-refractivity contribution >= 4 is 21.6 Å². The van der Waals surface area contributed by atoms with E-state index in [4.69, 9.17) is 0 Å².